The Kier molecular flexibility index (Phi) is 2.87. The Morgan fingerprint density at radius 1 is 1.13 bits per heavy atom. The summed E-state index contributed by atoms with van der Waals surface area (Å²) < 4.78 is 0. The van der Waals surface area contributed by atoms with Crippen LogP contribution in [0.25, 0.3) is 0 Å². The molecule has 2 aromatic rings. The van der Waals surface area contributed by atoms with Crippen molar-refractivity contribution in [1.29, 1.82) is 0 Å². The zero-order valence-corrected chi connectivity index (χ0v) is 9.16. The number of nitrogens with zero attached hydrogens (tertiary/aromatic N) is 2. The lowest BCUT2D eigenvalue weighted by Gasteiger charge is -2.02. The van der Waals surface area contributed by atoms with Gasteiger partial charge in [0.1, 0.15) is 10.1 Å². The van der Waals surface area contributed by atoms with Crippen LogP contribution in [-0.4, -0.2) is 9.97 Å². The van der Waals surface area contributed by atoms with E-state index in [2.05, 4.69) is 9.97 Å². The highest BCUT2D eigenvalue weighted by molar-refractivity contribution is 7.99. The average molecular weight is 217 g/mol. The van der Waals surface area contributed by atoms with Gasteiger partial charge in [-0.2, -0.15) is 0 Å². The number of pyridine rings is 2. The molecule has 0 aliphatic carbocycles. The van der Waals surface area contributed by atoms with E-state index < -0.39 is 0 Å². The molecule has 2 aromatic heterocycles. The molecule has 0 saturated heterocycles. The molecule has 15 heavy (non-hydrogen) atoms. The van der Waals surface area contributed by atoms with Crippen LogP contribution in [0.1, 0.15) is 5.69 Å². The summed E-state index contributed by atoms with van der Waals surface area (Å²) >= 11 is 1.53. The summed E-state index contributed by atoms with van der Waals surface area (Å²) in [5.41, 5.74) is 7.27. The minimum atomic E-state index is 0.723. The van der Waals surface area contributed by atoms with Crippen molar-refractivity contribution in [3.05, 3.63) is 42.2 Å². The van der Waals surface area contributed by atoms with Gasteiger partial charge in [0.05, 0.1) is 11.4 Å². The third-order valence-electron chi connectivity index (χ3n) is 1.95. The van der Waals surface area contributed by atoms with Crippen LogP contribution in [-0.2, 0) is 0 Å². The lowest BCUT2D eigenvalue weighted by atomic mass is 10.3. The fourth-order valence-corrected chi connectivity index (χ4v) is 1.91. The molecule has 0 radical (unpaired) electrons. The molecule has 0 saturated carbocycles. The summed E-state index contributed by atoms with van der Waals surface area (Å²) in [7, 11) is 0. The molecule has 3 nitrogen and oxygen atoms in total. The van der Waals surface area contributed by atoms with Crippen LogP contribution in [0.3, 0.4) is 0 Å². The first-order valence-electron chi connectivity index (χ1n) is 4.58. The second kappa shape index (κ2) is 4.31. The number of anilines is 1. The summed E-state index contributed by atoms with van der Waals surface area (Å²) in [4.78, 5) is 8.58. The van der Waals surface area contributed by atoms with Gasteiger partial charge < -0.3 is 5.73 Å². The number of aryl methyl sites for hydroxylation is 1. The largest absolute Gasteiger partial charge is 0.397 e. The SMILES string of the molecule is Cc1nc(Sc2ccccn2)ccc1N. The molecule has 2 rings (SSSR count). The topological polar surface area (TPSA) is 51.8 Å². The van der Waals surface area contributed by atoms with Gasteiger partial charge in [-0.15, -0.1) is 0 Å². The zero-order chi connectivity index (χ0) is 10.7. The first-order valence-corrected chi connectivity index (χ1v) is 5.39. The molecule has 0 fully saturated rings. The van der Waals surface area contributed by atoms with Crippen molar-refractivity contribution in [3.8, 4) is 0 Å². The summed E-state index contributed by atoms with van der Waals surface area (Å²) in [6.07, 6.45) is 1.77. The maximum atomic E-state index is 5.69. The van der Waals surface area contributed by atoms with Gasteiger partial charge in [0.2, 0.25) is 0 Å². The van der Waals surface area contributed by atoms with Crippen LogP contribution in [0.5, 0.6) is 0 Å². The summed E-state index contributed by atoms with van der Waals surface area (Å²) in [5.74, 6) is 0. The van der Waals surface area contributed by atoms with E-state index >= 15 is 0 Å². The van der Waals surface area contributed by atoms with Gasteiger partial charge in [0.15, 0.2) is 0 Å². The van der Waals surface area contributed by atoms with Gasteiger partial charge in [-0.25, -0.2) is 9.97 Å². The van der Waals surface area contributed by atoms with Crippen LogP contribution in [0.4, 0.5) is 5.69 Å². The maximum absolute atomic E-state index is 5.69. The van der Waals surface area contributed by atoms with Gasteiger partial charge in [-0.3, -0.25) is 0 Å². The second-order valence-electron chi connectivity index (χ2n) is 3.09. The van der Waals surface area contributed by atoms with Crippen molar-refractivity contribution in [2.75, 3.05) is 5.73 Å². The number of hydrogen-bond donors (Lipinski definition) is 1. The smallest absolute Gasteiger partial charge is 0.103 e. The van der Waals surface area contributed by atoms with Crippen molar-refractivity contribution < 1.29 is 0 Å². The highest BCUT2D eigenvalue weighted by Gasteiger charge is 2.01. The Morgan fingerprint density at radius 2 is 2.00 bits per heavy atom. The molecule has 2 heterocycles. The third-order valence-corrected chi connectivity index (χ3v) is 2.84. The Morgan fingerprint density at radius 3 is 2.67 bits per heavy atom. The molecule has 0 spiro atoms. The lowest BCUT2D eigenvalue weighted by Crippen LogP contribution is -1.93. The lowest BCUT2D eigenvalue weighted by molar-refractivity contribution is 1.05. The molecule has 76 valence electrons. The molecular weight excluding hydrogens is 206 g/mol. The highest BCUT2D eigenvalue weighted by Crippen LogP contribution is 2.24. The predicted octanol–water partition coefficient (Wildman–Crippen LogP) is 2.52. The molecule has 0 amide bonds. The Labute approximate surface area is 92.8 Å². The van der Waals surface area contributed by atoms with Crippen LogP contribution < -0.4 is 5.73 Å². The normalized spacial score (nSPS) is 10.2. The van der Waals surface area contributed by atoms with Crippen LogP contribution in [0.15, 0.2) is 46.6 Å². The molecule has 0 aliphatic heterocycles. The van der Waals surface area contributed by atoms with Crippen LogP contribution in [0, 0.1) is 6.92 Å². The molecule has 0 aliphatic rings. The Bertz CT molecular complexity index is 457. The van der Waals surface area contributed by atoms with E-state index in [1.54, 1.807) is 6.20 Å². The van der Waals surface area contributed by atoms with E-state index in [0.717, 1.165) is 21.4 Å². The van der Waals surface area contributed by atoms with Crippen molar-refractivity contribution in [3.63, 3.8) is 0 Å². The molecule has 4 heteroatoms. The van der Waals surface area contributed by atoms with E-state index in [1.165, 1.54) is 11.8 Å². The molecule has 2 N–H and O–H groups in total. The van der Waals surface area contributed by atoms with E-state index in [1.807, 2.05) is 37.3 Å². The summed E-state index contributed by atoms with van der Waals surface area (Å²) in [6.45, 7) is 1.90. The van der Waals surface area contributed by atoms with Crippen LogP contribution in [0.2, 0.25) is 0 Å². The van der Waals surface area contributed by atoms with E-state index in [9.17, 15) is 0 Å². The van der Waals surface area contributed by atoms with Crippen molar-refractivity contribution in [2.45, 2.75) is 17.0 Å². The van der Waals surface area contributed by atoms with E-state index in [4.69, 9.17) is 5.73 Å². The minimum Gasteiger partial charge on any atom is -0.397 e. The van der Waals surface area contributed by atoms with Gasteiger partial charge in [0.25, 0.3) is 0 Å². The average Bonchev–Trinajstić information content (AvgIpc) is 2.25. The van der Waals surface area contributed by atoms with Gasteiger partial charge in [-0.05, 0) is 31.2 Å². The highest BCUT2D eigenvalue weighted by atomic mass is 32.2. The minimum absolute atomic E-state index is 0.723. The van der Waals surface area contributed by atoms with Gasteiger partial charge in [0, 0.05) is 6.20 Å². The monoisotopic (exact) mass is 217 g/mol. The fourth-order valence-electron chi connectivity index (χ4n) is 1.12. The van der Waals surface area contributed by atoms with Crippen molar-refractivity contribution >= 4 is 17.4 Å². The maximum Gasteiger partial charge on any atom is 0.103 e. The molecule has 0 unspecified atom stereocenters. The number of aromatic nitrogens is 2. The van der Waals surface area contributed by atoms with Crippen molar-refractivity contribution in [2.24, 2.45) is 0 Å². The Balaban J connectivity index is 2.22. The standard InChI is InChI=1S/C11H11N3S/c1-8-9(12)5-6-11(14-8)15-10-4-2-3-7-13-10/h2-7H,12H2,1H3. The first kappa shape index (κ1) is 9.98. The number of rotatable bonds is 2. The molecule has 0 bridgehead atoms. The summed E-state index contributed by atoms with van der Waals surface area (Å²) in [5, 5.41) is 1.86. The zero-order valence-electron chi connectivity index (χ0n) is 8.34. The van der Waals surface area contributed by atoms with E-state index in [-0.39, 0.29) is 0 Å². The van der Waals surface area contributed by atoms with Gasteiger partial charge >= 0.3 is 0 Å². The van der Waals surface area contributed by atoms with Gasteiger partial charge in [-0.1, -0.05) is 17.8 Å². The quantitative estimate of drug-likeness (QED) is 0.839. The summed E-state index contributed by atoms with van der Waals surface area (Å²) in [6, 6.07) is 9.58. The molecule has 0 atom stereocenters. The van der Waals surface area contributed by atoms with Crippen LogP contribution >= 0.6 is 11.8 Å². The first-order chi connectivity index (χ1) is 7.25. The third kappa shape index (κ3) is 2.47. The second-order valence-corrected chi connectivity index (χ2v) is 4.13. The number of nitrogen functional groups attached to an aromatic ring is 1. The molecular formula is C11H11N3S. The van der Waals surface area contributed by atoms with E-state index in [0.29, 0.717) is 0 Å². The predicted molar refractivity (Wildman–Crippen MR) is 61.7 cm³/mol. The molecule has 0 aromatic carbocycles. The number of nitrogens with two attached hydrogens (primary N) is 1. The Hall–Kier alpha value is -1.55. The van der Waals surface area contributed by atoms with Crippen molar-refractivity contribution in [1.82, 2.24) is 9.97 Å². The number of hydrogen-bond acceptors (Lipinski definition) is 4. The fraction of sp³-hybridized carbons (Fsp3) is 0.0909.